The van der Waals surface area contributed by atoms with Crippen molar-refractivity contribution in [1.29, 1.82) is 0 Å². The molecule has 15 heteroatoms. The summed E-state index contributed by atoms with van der Waals surface area (Å²) in [5, 5.41) is 11.3. The van der Waals surface area contributed by atoms with E-state index in [9.17, 15) is 28.8 Å². The van der Waals surface area contributed by atoms with Gasteiger partial charge in [-0.1, -0.05) is 93.6 Å². The fourth-order valence-corrected chi connectivity index (χ4v) is 8.03. The molecule has 0 aliphatic carbocycles. The normalized spacial score (nSPS) is 16.9. The standard InChI is InChI=1S/C48H57N7O8/c1-48(2,3)41(52-47(61)63-5)45(59)55-29-13-19-39(55)43(57)50-36-26-22-33(23-27-36)31-53(37-16-10-7-11-17-37)30-32-20-24-35(25-21-32)49-42(56)38-18-12-28-54(38)44(58)40(51-46(60)62-4)34-14-8-6-9-15-34/h6-11,14-17,20-27,38-41H,12-13,18-19,28-31H2,1-5H3,(H,49,56)(H,50,57)(H,51,60)(H,52,61)/t38-,39?,40+,41+/m0/s1. The molecule has 4 N–H and O–H groups in total. The van der Waals surface area contributed by atoms with Crippen LogP contribution in [0.2, 0.25) is 0 Å². The highest BCUT2D eigenvalue weighted by molar-refractivity contribution is 6.00. The summed E-state index contributed by atoms with van der Waals surface area (Å²) in [6, 6.07) is 30.9. The lowest BCUT2D eigenvalue weighted by molar-refractivity contribution is -0.140. The molecule has 1 unspecified atom stereocenters. The minimum atomic E-state index is -1.00. The fourth-order valence-electron chi connectivity index (χ4n) is 8.03. The number of benzene rings is 4. The Kier molecular flexibility index (Phi) is 15.0. The molecular weight excluding hydrogens is 803 g/mol. The van der Waals surface area contributed by atoms with Crippen LogP contribution in [0.15, 0.2) is 109 Å². The largest absolute Gasteiger partial charge is 0.453 e. The molecule has 4 aromatic carbocycles. The summed E-state index contributed by atoms with van der Waals surface area (Å²) < 4.78 is 9.54. The number of hydrogen-bond donors (Lipinski definition) is 4. The van der Waals surface area contributed by atoms with Gasteiger partial charge in [-0.3, -0.25) is 19.2 Å². The molecule has 2 saturated heterocycles. The van der Waals surface area contributed by atoms with Gasteiger partial charge in [0, 0.05) is 43.2 Å². The zero-order chi connectivity index (χ0) is 45.1. The maximum Gasteiger partial charge on any atom is 0.407 e. The monoisotopic (exact) mass is 859 g/mol. The predicted octanol–water partition coefficient (Wildman–Crippen LogP) is 6.62. The van der Waals surface area contributed by atoms with Gasteiger partial charge in [0.2, 0.25) is 17.7 Å². The van der Waals surface area contributed by atoms with Crippen LogP contribution in [0.1, 0.15) is 69.2 Å². The lowest BCUT2D eigenvalue weighted by Crippen LogP contribution is -2.57. The van der Waals surface area contributed by atoms with Crippen LogP contribution in [-0.2, 0) is 41.7 Å². The highest BCUT2D eigenvalue weighted by atomic mass is 16.5. The minimum Gasteiger partial charge on any atom is -0.453 e. The van der Waals surface area contributed by atoms with Gasteiger partial charge >= 0.3 is 12.2 Å². The van der Waals surface area contributed by atoms with Crippen molar-refractivity contribution in [2.45, 2.75) is 83.7 Å². The highest BCUT2D eigenvalue weighted by Gasteiger charge is 2.42. The van der Waals surface area contributed by atoms with Crippen LogP contribution in [0.3, 0.4) is 0 Å². The van der Waals surface area contributed by atoms with E-state index in [1.54, 1.807) is 29.2 Å². The molecule has 15 nitrogen and oxygen atoms in total. The van der Waals surface area contributed by atoms with Gasteiger partial charge in [0.05, 0.1) is 14.2 Å². The van der Waals surface area contributed by atoms with Crippen LogP contribution in [0, 0.1) is 5.41 Å². The Balaban J connectivity index is 1.08. The second kappa shape index (κ2) is 20.8. The number of amides is 6. The topological polar surface area (TPSA) is 179 Å². The third-order valence-corrected chi connectivity index (χ3v) is 11.4. The first-order valence-electron chi connectivity index (χ1n) is 21.2. The molecule has 332 valence electrons. The lowest BCUT2D eigenvalue weighted by atomic mass is 9.85. The summed E-state index contributed by atoms with van der Waals surface area (Å²) in [4.78, 5) is 84.2. The minimum absolute atomic E-state index is 0.288. The van der Waals surface area contributed by atoms with E-state index in [1.807, 2.05) is 106 Å². The first-order chi connectivity index (χ1) is 30.2. The SMILES string of the molecule is COC(=O)N[C@H](C(=O)N1CCCC1C(=O)Nc1ccc(CN(Cc2ccc(NC(=O)[C@@H]3CCCN3C(=O)[C@H](NC(=O)OC)c3ccccc3)cc2)c2ccccc2)cc1)C(C)(C)C. The van der Waals surface area contributed by atoms with Crippen molar-refractivity contribution >= 4 is 52.9 Å². The summed E-state index contributed by atoms with van der Waals surface area (Å²) >= 11 is 0. The Bertz CT molecular complexity index is 2220. The van der Waals surface area contributed by atoms with Crippen molar-refractivity contribution in [2.75, 3.05) is 42.8 Å². The van der Waals surface area contributed by atoms with Crippen molar-refractivity contribution in [2.24, 2.45) is 5.41 Å². The molecule has 4 aromatic rings. The summed E-state index contributed by atoms with van der Waals surface area (Å²) in [7, 11) is 2.48. The van der Waals surface area contributed by atoms with Crippen LogP contribution in [0.25, 0.3) is 0 Å². The van der Waals surface area contributed by atoms with Gasteiger partial charge in [-0.15, -0.1) is 0 Å². The van der Waals surface area contributed by atoms with Crippen molar-refractivity contribution in [3.05, 3.63) is 126 Å². The number of para-hydroxylation sites is 1. The zero-order valence-corrected chi connectivity index (χ0v) is 36.5. The second-order valence-corrected chi connectivity index (χ2v) is 16.9. The Morgan fingerprint density at radius 1 is 0.619 bits per heavy atom. The Hall–Kier alpha value is -6.90. The van der Waals surface area contributed by atoms with Crippen molar-refractivity contribution in [3.8, 4) is 0 Å². The highest BCUT2D eigenvalue weighted by Crippen LogP contribution is 2.29. The maximum atomic E-state index is 13.8. The molecule has 2 aliphatic rings. The van der Waals surface area contributed by atoms with E-state index < -0.39 is 41.8 Å². The molecule has 0 bridgehead atoms. The van der Waals surface area contributed by atoms with Crippen LogP contribution >= 0.6 is 0 Å². The molecule has 6 rings (SSSR count). The third kappa shape index (κ3) is 11.7. The van der Waals surface area contributed by atoms with E-state index >= 15 is 0 Å². The summed E-state index contributed by atoms with van der Waals surface area (Å²) in [6.07, 6.45) is 0.869. The summed E-state index contributed by atoms with van der Waals surface area (Å²) in [5.74, 6) is -1.30. The van der Waals surface area contributed by atoms with Gasteiger partial charge in [0.15, 0.2) is 0 Å². The van der Waals surface area contributed by atoms with Gasteiger partial charge in [-0.05, 0) is 84.2 Å². The molecule has 0 aromatic heterocycles. The van der Waals surface area contributed by atoms with E-state index in [1.165, 1.54) is 19.1 Å². The number of hydrogen-bond acceptors (Lipinski definition) is 9. The molecule has 0 radical (unpaired) electrons. The lowest BCUT2D eigenvalue weighted by Gasteiger charge is -2.35. The molecule has 2 aliphatic heterocycles. The van der Waals surface area contributed by atoms with Crippen LogP contribution in [-0.4, -0.2) is 91.0 Å². The van der Waals surface area contributed by atoms with Gasteiger partial charge in [0.1, 0.15) is 24.2 Å². The second-order valence-electron chi connectivity index (χ2n) is 16.9. The Labute approximate surface area is 368 Å². The fraction of sp³-hybridized carbons (Fsp3) is 0.375. The zero-order valence-electron chi connectivity index (χ0n) is 36.5. The number of alkyl carbamates (subject to hydrolysis) is 2. The Morgan fingerprint density at radius 3 is 1.52 bits per heavy atom. The summed E-state index contributed by atoms with van der Waals surface area (Å²) in [5.41, 5.74) is 4.20. The molecule has 0 saturated carbocycles. The number of nitrogens with one attached hydrogen (secondary N) is 4. The van der Waals surface area contributed by atoms with Gasteiger partial charge in [-0.25, -0.2) is 9.59 Å². The van der Waals surface area contributed by atoms with E-state index in [0.29, 0.717) is 68.8 Å². The van der Waals surface area contributed by atoms with Crippen LogP contribution < -0.4 is 26.2 Å². The number of anilines is 3. The maximum absolute atomic E-state index is 13.8. The van der Waals surface area contributed by atoms with E-state index in [0.717, 1.165) is 16.8 Å². The molecule has 2 heterocycles. The molecule has 0 spiro atoms. The first-order valence-corrected chi connectivity index (χ1v) is 21.2. The number of likely N-dealkylation sites (tertiary alicyclic amines) is 2. The van der Waals surface area contributed by atoms with Crippen LogP contribution in [0.5, 0.6) is 0 Å². The summed E-state index contributed by atoms with van der Waals surface area (Å²) in [6.45, 7) is 7.46. The van der Waals surface area contributed by atoms with Gasteiger partial charge in [-0.2, -0.15) is 0 Å². The van der Waals surface area contributed by atoms with E-state index in [-0.39, 0.29) is 23.6 Å². The third-order valence-electron chi connectivity index (χ3n) is 11.4. The van der Waals surface area contributed by atoms with Crippen molar-refractivity contribution in [3.63, 3.8) is 0 Å². The van der Waals surface area contributed by atoms with Gasteiger partial charge in [0.25, 0.3) is 5.91 Å². The molecule has 6 amide bonds. The average Bonchev–Trinajstić information content (AvgIpc) is 4.00. The first kappa shape index (κ1) is 45.6. The van der Waals surface area contributed by atoms with Gasteiger partial charge < -0.3 is 45.4 Å². The molecular formula is C48H57N7O8. The number of carbonyl (C=O) groups excluding carboxylic acids is 6. The van der Waals surface area contributed by atoms with Crippen molar-refractivity contribution < 1.29 is 38.2 Å². The number of nitrogens with zero attached hydrogens (tertiary/aromatic N) is 3. The van der Waals surface area contributed by atoms with Crippen LogP contribution in [0.4, 0.5) is 26.7 Å². The predicted molar refractivity (Wildman–Crippen MR) is 239 cm³/mol. The average molecular weight is 860 g/mol. The molecule has 4 atom stereocenters. The number of methoxy groups -OCH3 is 2. The number of carbonyl (C=O) groups is 6. The number of rotatable bonds is 14. The van der Waals surface area contributed by atoms with Crippen molar-refractivity contribution in [1.82, 2.24) is 20.4 Å². The Morgan fingerprint density at radius 2 is 1.06 bits per heavy atom. The molecule has 2 fully saturated rings. The quantitative estimate of drug-likeness (QED) is 0.109. The van der Waals surface area contributed by atoms with E-state index in [4.69, 9.17) is 9.47 Å². The number of ether oxygens (including phenoxy) is 2. The molecule has 63 heavy (non-hydrogen) atoms. The van der Waals surface area contributed by atoms with E-state index in [2.05, 4.69) is 26.2 Å². The smallest absolute Gasteiger partial charge is 0.407 e.